The molecule has 1 amide bonds. The third-order valence-electron chi connectivity index (χ3n) is 4.89. The van der Waals surface area contributed by atoms with Crippen molar-refractivity contribution in [3.63, 3.8) is 0 Å². The Balaban J connectivity index is 1.92. The third-order valence-corrected chi connectivity index (χ3v) is 5.42. The van der Waals surface area contributed by atoms with E-state index in [1.165, 1.54) is 0 Å². The minimum atomic E-state index is -0.575. The number of carbonyl (C=O) groups is 2. The lowest BCUT2D eigenvalue weighted by molar-refractivity contribution is -0.129. The number of hydrogen-bond donors (Lipinski definition) is 1. The van der Waals surface area contributed by atoms with E-state index >= 15 is 0 Å². The molecule has 3 rings (SSSR count). The minimum absolute atomic E-state index is 0.141. The van der Waals surface area contributed by atoms with E-state index in [1.807, 2.05) is 45.0 Å². The Labute approximate surface area is 178 Å². The second-order valence-electron chi connectivity index (χ2n) is 8.09. The van der Waals surface area contributed by atoms with Gasteiger partial charge in [-0.25, -0.2) is 9.78 Å². The number of aromatic nitrogens is 2. The molecule has 0 bridgehead atoms. The quantitative estimate of drug-likeness (QED) is 0.637. The predicted octanol–water partition coefficient (Wildman–Crippen LogP) is 4.50. The number of H-pyrrole nitrogens is 1. The lowest BCUT2D eigenvalue weighted by atomic mass is 9.92. The SMILES string of the molecule is CC(C)(C)OC(=O)N1CCCC1C(COC=O)c1nc[nH]c1-c1ccc(Br)cc1. The van der Waals surface area contributed by atoms with Crippen molar-refractivity contribution in [2.75, 3.05) is 13.2 Å². The highest BCUT2D eigenvalue weighted by atomic mass is 79.9. The van der Waals surface area contributed by atoms with E-state index in [4.69, 9.17) is 9.47 Å². The van der Waals surface area contributed by atoms with Crippen molar-refractivity contribution in [2.24, 2.45) is 0 Å². The fourth-order valence-corrected chi connectivity index (χ4v) is 3.97. The highest BCUT2D eigenvalue weighted by Crippen LogP contribution is 2.36. The van der Waals surface area contributed by atoms with Crippen molar-refractivity contribution in [2.45, 2.75) is 51.2 Å². The van der Waals surface area contributed by atoms with Crippen molar-refractivity contribution in [1.29, 1.82) is 0 Å². The van der Waals surface area contributed by atoms with Gasteiger partial charge in [-0.15, -0.1) is 0 Å². The van der Waals surface area contributed by atoms with Crippen molar-refractivity contribution in [3.05, 3.63) is 40.8 Å². The predicted molar refractivity (Wildman–Crippen MR) is 112 cm³/mol. The fraction of sp³-hybridized carbons (Fsp3) is 0.476. The van der Waals surface area contributed by atoms with Crippen LogP contribution in [0.5, 0.6) is 0 Å². The molecule has 1 fully saturated rings. The average molecular weight is 464 g/mol. The van der Waals surface area contributed by atoms with E-state index in [1.54, 1.807) is 11.2 Å². The summed E-state index contributed by atoms with van der Waals surface area (Å²) < 4.78 is 11.7. The summed E-state index contributed by atoms with van der Waals surface area (Å²) in [4.78, 5) is 33.2. The lowest BCUT2D eigenvalue weighted by Crippen LogP contribution is -2.43. The van der Waals surface area contributed by atoms with Crippen molar-refractivity contribution in [1.82, 2.24) is 14.9 Å². The topological polar surface area (TPSA) is 84.5 Å². The first kappa shape index (κ1) is 21.4. The van der Waals surface area contributed by atoms with Gasteiger partial charge in [-0.1, -0.05) is 28.1 Å². The number of benzene rings is 1. The summed E-state index contributed by atoms with van der Waals surface area (Å²) in [7, 11) is 0. The highest BCUT2D eigenvalue weighted by molar-refractivity contribution is 9.10. The van der Waals surface area contributed by atoms with Crippen LogP contribution in [0.3, 0.4) is 0 Å². The Morgan fingerprint density at radius 3 is 2.76 bits per heavy atom. The first-order valence-electron chi connectivity index (χ1n) is 9.64. The standard InChI is InChI=1S/C21H26BrN3O4/c1-21(2,3)29-20(27)25-10-4-5-17(25)16(11-28-13-26)19-18(23-12-24-19)14-6-8-15(22)9-7-14/h6-9,12-13,16-17H,4-5,10-11H2,1-3H3,(H,23,24). The van der Waals surface area contributed by atoms with Gasteiger partial charge in [0, 0.05) is 17.1 Å². The first-order valence-corrected chi connectivity index (χ1v) is 10.4. The third kappa shape index (κ3) is 5.18. The average Bonchev–Trinajstić information content (AvgIpc) is 3.31. The van der Waals surface area contributed by atoms with Crippen LogP contribution in [0.2, 0.25) is 0 Å². The summed E-state index contributed by atoms with van der Waals surface area (Å²) in [5.74, 6) is -0.264. The van der Waals surface area contributed by atoms with Gasteiger partial charge in [-0.2, -0.15) is 0 Å². The maximum absolute atomic E-state index is 12.8. The zero-order valence-electron chi connectivity index (χ0n) is 16.9. The first-order chi connectivity index (χ1) is 13.8. The van der Waals surface area contributed by atoms with E-state index in [0.717, 1.165) is 34.3 Å². The number of carbonyl (C=O) groups excluding carboxylic acids is 2. The van der Waals surface area contributed by atoms with Crippen molar-refractivity contribution >= 4 is 28.5 Å². The zero-order valence-corrected chi connectivity index (χ0v) is 18.4. The maximum atomic E-state index is 12.8. The minimum Gasteiger partial charge on any atom is -0.467 e. The molecule has 2 aromatic rings. The number of imidazole rings is 1. The number of halogens is 1. The van der Waals surface area contributed by atoms with E-state index in [2.05, 4.69) is 25.9 Å². The number of aromatic amines is 1. The van der Waals surface area contributed by atoms with Gasteiger partial charge < -0.3 is 19.4 Å². The number of likely N-dealkylation sites (tertiary alicyclic amines) is 1. The van der Waals surface area contributed by atoms with Crippen molar-refractivity contribution < 1.29 is 19.1 Å². The second kappa shape index (κ2) is 8.98. The van der Waals surface area contributed by atoms with Gasteiger partial charge >= 0.3 is 6.09 Å². The monoisotopic (exact) mass is 463 g/mol. The molecule has 0 radical (unpaired) electrons. The Kier molecular flexibility index (Phi) is 6.62. The summed E-state index contributed by atoms with van der Waals surface area (Å²) in [6.45, 7) is 6.73. The molecule has 1 aliphatic rings. The highest BCUT2D eigenvalue weighted by Gasteiger charge is 2.39. The number of rotatable bonds is 6. The van der Waals surface area contributed by atoms with Crippen LogP contribution < -0.4 is 0 Å². The molecule has 1 aliphatic heterocycles. The van der Waals surface area contributed by atoms with Gasteiger partial charge in [0.2, 0.25) is 0 Å². The molecule has 7 nitrogen and oxygen atoms in total. The van der Waals surface area contributed by atoms with Crippen LogP contribution in [0, 0.1) is 0 Å². The molecule has 2 unspecified atom stereocenters. The van der Waals surface area contributed by atoms with Crippen molar-refractivity contribution in [3.8, 4) is 11.3 Å². The van der Waals surface area contributed by atoms with E-state index in [0.29, 0.717) is 13.0 Å². The summed E-state index contributed by atoms with van der Waals surface area (Å²) in [6.07, 6.45) is 2.93. The lowest BCUT2D eigenvalue weighted by Gasteiger charge is -2.32. The van der Waals surface area contributed by atoms with E-state index in [9.17, 15) is 9.59 Å². The molecule has 1 N–H and O–H groups in total. The van der Waals surface area contributed by atoms with Crippen LogP contribution >= 0.6 is 15.9 Å². The molecule has 1 saturated heterocycles. The Hall–Kier alpha value is -2.35. The molecule has 2 atom stereocenters. The van der Waals surface area contributed by atoms with E-state index in [-0.39, 0.29) is 24.7 Å². The molecule has 0 spiro atoms. The Morgan fingerprint density at radius 2 is 2.10 bits per heavy atom. The summed E-state index contributed by atoms with van der Waals surface area (Å²) >= 11 is 3.45. The van der Waals surface area contributed by atoms with Crippen LogP contribution in [-0.4, -0.2) is 52.2 Å². The fourth-order valence-electron chi connectivity index (χ4n) is 3.71. The van der Waals surface area contributed by atoms with E-state index < -0.39 is 5.60 Å². The van der Waals surface area contributed by atoms with Gasteiger partial charge in [0.1, 0.15) is 12.2 Å². The van der Waals surface area contributed by atoms with Gasteiger partial charge in [0.15, 0.2) is 0 Å². The molecule has 1 aromatic heterocycles. The normalized spacial score (nSPS) is 17.8. The van der Waals surface area contributed by atoms with Gasteiger partial charge in [-0.05, 0) is 51.3 Å². The van der Waals surface area contributed by atoms with Gasteiger partial charge in [-0.3, -0.25) is 4.79 Å². The van der Waals surface area contributed by atoms with Crippen LogP contribution in [0.25, 0.3) is 11.3 Å². The molecular weight excluding hydrogens is 438 g/mol. The number of nitrogens with one attached hydrogen (secondary N) is 1. The Morgan fingerprint density at radius 1 is 1.38 bits per heavy atom. The number of nitrogens with zero attached hydrogens (tertiary/aromatic N) is 2. The molecule has 8 heteroatoms. The molecular formula is C21H26BrN3O4. The molecule has 29 heavy (non-hydrogen) atoms. The zero-order chi connectivity index (χ0) is 21.0. The largest absolute Gasteiger partial charge is 0.467 e. The summed E-state index contributed by atoms with van der Waals surface area (Å²) in [5.41, 5.74) is 2.02. The second-order valence-corrected chi connectivity index (χ2v) is 9.00. The smallest absolute Gasteiger partial charge is 0.410 e. The molecule has 2 heterocycles. The number of hydrogen-bond acceptors (Lipinski definition) is 5. The summed E-state index contributed by atoms with van der Waals surface area (Å²) in [5, 5.41) is 0. The van der Waals surface area contributed by atoms with Gasteiger partial charge in [0.05, 0.1) is 23.6 Å². The molecule has 156 valence electrons. The molecule has 1 aromatic carbocycles. The molecule has 0 saturated carbocycles. The summed E-state index contributed by atoms with van der Waals surface area (Å²) in [6, 6.07) is 7.72. The number of amides is 1. The van der Waals surface area contributed by atoms with Crippen LogP contribution in [0.4, 0.5) is 4.79 Å². The van der Waals surface area contributed by atoms with Gasteiger partial charge in [0.25, 0.3) is 6.47 Å². The van der Waals surface area contributed by atoms with Crippen LogP contribution in [0.1, 0.15) is 45.2 Å². The van der Waals surface area contributed by atoms with Crippen LogP contribution in [0.15, 0.2) is 35.1 Å². The number of ether oxygens (including phenoxy) is 2. The molecule has 0 aliphatic carbocycles. The van der Waals surface area contributed by atoms with Crippen LogP contribution in [-0.2, 0) is 14.3 Å². The Bertz CT molecular complexity index is 844. The maximum Gasteiger partial charge on any atom is 0.410 e.